The largest absolute Gasteiger partial charge is 0.325 e. The number of anilines is 1. The number of hydrogen-bond acceptors (Lipinski definition) is 4. The molecule has 1 aromatic heterocycles. The van der Waals surface area contributed by atoms with Crippen molar-refractivity contribution in [3.8, 4) is 0 Å². The summed E-state index contributed by atoms with van der Waals surface area (Å²) in [5, 5.41) is 3.36. The van der Waals surface area contributed by atoms with Gasteiger partial charge in [-0.1, -0.05) is 23.7 Å². The monoisotopic (exact) mass is 408 g/mol. The highest BCUT2D eigenvalue weighted by Gasteiger charge is 2.46. The lowest BCUT2D eigenvalue weighted by Crippen LogP contribution is -2.24. The van der Waals surface area contributed by atoms with Gasteiger partial charge in [0.2, 0.25) is 5.91 Å². The summed E-state index contributed by atoms with van der Waals surface area (Å²) in [5.74, 6) is -0.217. The summed E-state index contributed by atoms with van der Waals surface area (Å²) in [6, 6.07) is 10.2. The quantitative estimate of drug-likeness (QED) is 0.763. The number of nitrogens with zero attached hydrogens (tertiary/aromatic N) is 1. The summed E-state index contributed by atoms with van der Waals surface area (Å²) in [6.45, 7) is 0.334. The maximum Gasteiger partial charge on any atom is 0.250 e. The lowest BCUT2D eigenvalue weighted by atomic mass is 10.1. The van der Waals surface area contributed by atoms with Crippen molar-refractivity contribution in [2.24, 2.45) is 5.41 Å². The molecule has 1 aromatic carbocycles. The lowest BCUT2D eigenvalue weighted by Gasteiger charge is -2.14. The molecule has 0 spiro atoms. The summed E-state index contributed by atoms with van der Waals surface area (Å²) in [4.78, 5) is 24.4. The maximum absolute atomic E-state index is 12.3. The standard InChI is InChI=1S/C19H21ClN2O4S/c1-27(25,26)13-19(7-8-19)10-17(23)21-16-5-6-18(24)22(12-16)11-14-3-2-4-15(20)9-14/h2-6,9,12H,7-8,10-11,13H2,1H3,(H,21,23). The molecule has 1 fully saturated rings. The van der Waals surface area contributed by atoms with Crippen molar-refractivity contribution in [1.29, 1.82) is 0 Å². The zero-order valence-electron chi connectivity index (χ0n) is 14.9. The van der Waals surface area contributed by atoms with E-state index in [4.69, 9.17) is 11.6 Å². The minimum absolute atomic E-state index is 0.0294. The minimum atomic E-state index is -3.12. The Bertz CT molecular complexity index is 1030. The van der Waals surface area contributed by atoms with Crippen molar-refractivity contribution < 1.29 is 13.2 Å². The van der Waals surface area contributed by atoms with Gasteiger partial charge in [-0.05, 0) is 42.0 Å². The molecule has 1 amide bonds. The molecule has 1 N–H and O–H groups in total. The summed E-state index contributed by atoms with van der Waals surface area (Å²) >= 11 is 5.98. The number of rotatable bonds is 7. The van der Waals surface area contributed by atoms with Crippen molar-refractivity contribution in [2.75, 3.05) is 17.3 Å². The van der Waals surface area contributed by atoms with Gasteiger partial charge in [-0.15, -0.1) is 0 Å². The minimum Gasteiger partial charge on any atom is -0.325 e. The van der Waals surface area contributed by atoms with E-state index in [1.807, 2.05) is 12.1 Å². The van der Waals surface area contributed by atoms with Gasteiger partial charge in [0.25, 0.3) is 5.56 Å². The van der Waals surface area contributed by atoms with Crippen LogP contribution in [-0.2, 0) is 21.2 Å². The highest BCUT2D eigenvalue weighted by atomic mass is 35.5. The first-order chi connectivity index (χ1) is 12.6. The van der Waals surface area contributed by atoms with Crippen LogP contribution in [0.4, 0.5) is 5.69 Å². The first kappa shape index (κ1) is 19.6. The number of sulfone groups is 1. The highest BCUT2D eigenvalue weighted by Crippen LogP contribution is 2.49. The predicted octanol–water partition coefficient (Wildman–Crippen LogP) is 2.70. The van der Waals surface area contributed by atoms with Crippen LogP contribution in [0, 0.1) is 5.41 Å². The lowest BCUT2D eigenvalue weighted by molar-refractivity contribution is -0.117. The van der Waals surface area contributed by atoms with Crippen LogP contribution in [0.25, 0.3) is 0 Å². The molecule has 6 nitrogen and oxygen atoms in total. The fraction of sp³-hybridized carbons (Fsp3) is 0.368. The molecule has 1 saturated carbocycles. The number of pyridine rings is 1. The van der Waals surface area contributed by atoms with Gasteiger partial charge in [-0.25, -0.2) is 8.42 Å². The van der Waals surface area contributed by atoms with E-state index in [1.165, 1.54) is 16.9 Å². The second-order valence-electron chi connectivity index (χ2n) is 7.31. The Balaban J connectivity index is 1.69. The summed E-state index contributed by atoms with van der Waals surface area (Å²) in [6.07, 6.45) is 4.41. The second kappa shape index (κ2) is 7.48. The molecule has 0 atom stereocenters. The molecule has 27 heavy (non-hydrogen) atoms. The van der Waals surface area contributed by atoms with Gasteiger partial charge in [0.15, 0.2) is 0 Å². The number of carbonyl (C=O) groups excluding carboxylic acids is 1. The molecule has 144 valence electrons. The molecular formula is C19H21ClN2O4S. The van der Waals surface area contributed by atoms with Gasteiger partial charge in [0.05, 0.1) is 18.0 Å². The Morgan fingerprint density at radius 2 is 2.00 bits per heavy atom. The zero-order valence-corrected chi connectivity index (χ0v) is 16.5. The Morgan fingerprint density at radius 3 is 2.63 bits per heavy atom. The highest BCUT2D eigenvalue weighted by molar-refractivity contribution is 7.90. The number of hydrogen-bond donors (Lipinski definition) is 1. The van der Waals surface area contributed by atoms with Gasteiger partial charge < -0.3 is 9.88 Å². The van der Waals surface area contributed by atoms with Gasteiger partial charge in [0.1, 0.15) is 9.84 Å². The normalized spacial score (nSPS) is 15.3. The van der Waals surface area contributed by atoms with Crippen molar-refractivity contribution in [3.05, 3.63) is 63.5 Å². The van der Waals surface area contributed by atoms with Gasteiger partial charge >= 0.3 is 0 Å². The zero-order chi connectivity index (χ0) is 19.7. The fourth-order valence-corrected chi connectivity index (χ4v) is 4.93. The molecule has 2 aromatic rings. The molecule has 0 radical (unpaired) electrons. The predicted molar refractivity (Wildman–Crippen MR) is 106 cm³/mol. The third-order valence-corrected chi connectivity index (χ3v) is 5.94. The SMILES string of the molecule is CS(=O)(=O)CC1(CC(=O)Nc2ccc(=O)n(Cc3cccc(Cl)c3)c2)CC1. The average molecular weight is 409 g/mol. The van der Waals surface area contributed by atoms with Crippen LogP contribution < -0.4 is 10.9 Å². The van der Waals surface area contributed by atoms with Crippen LogP contribution in [0.5, 0.6) is 0 Å². The van der Waals surface area contributed by atoms with Gasteiger partial charge in [-0.3, -0.25) is 9.59 Å². The van der Waals surface area contributed by atoms with Crippen molar-refractivity contribution in [2.45, 2.75) is 25.8 Å². The Labute approximate surface area is 163 Å². The third kappa shape index (κ3) is 5.68. The van der Waals surface area contributed by atoms with Crippen LogP contribution in [-0.4, -0.2) is 30.9 Å². The number of benzene rings is 1. The number of aromatic nitrogens is 1. The molecule has 0 bridgehead atoms. The van der Waals surface area contributed by atoms with E-state index in [9.17, 15) is 18.0 Å². The Kier molecular flexibility index (Phi) is 5.44. The first-order valence-corrected chi connectivity index (χ1v) is 11.0. The number of nitrogens with one attached hydrogen (secondary N) is 1. The molecule has 0 aliphatic heterocycles. The van der Waals surface area contributed by atoms with E-state index in [0.29, 0.717) is 17.3 Å². The third-order valence-electron chi connectivity index (χ3n) is 4.57. The number of carbonyl (C=O) groups is 1. The van der Waals surface area contributed by atoms with E-state index in [2.05, 4.69) is 5.32 Å². The van der Waals surface area contributed by atoms with Crippen LogP contribution in [0.3, 0.4) is 0 Å². The smallest absolute Gasteiger partial charge is 0.250 e. The van der Waals surface area contributed by atoms with Crippen LogP contribution in [0.2, 0.25) is 5.02 Å². The molecule has 0 saturated heterocycles. The Morgan fingerprint density at radius 1 is 1.26 bits per heavy atom. The average Bonchev–Trinajstić information content (AvgIpc) is 3.27. The van der Waals surface area contributed by atoms with E-state index in [1.54, 1.807) is 24.4 Å². The van der Waals surface area contributed by atoms with Gasteiger partial charge in [-0.2, -0.15) is 0 Å². The van der Waals surface area contributed by atoms with E-state index in [0.717, 1.165) is 18.4 Å². The van der Waals surface area contributed by atoms with Gasteiger partial charge in [0, 0.05) is 30.0 Å². The molecule has 0 unspecified atom stereocenters. The van der Waals surface area contributed by atoms with Crippen molar-refractivity contribution >= 4 is 33.0 Å². The number of amides is 1. The van der Waals surface area contributed by atoms with Crippen LogP contribution >= 0.6 is 11.6 Å². The van der Waals surface area contributed by atoms with E-state index < -0.39 is 15.3 Å². The maximum atomic E-state index is 12.3. The molecular weight excluding hydrogens is 388 g/mol. The van der Waals surface area contributed by atoms with E-state index in [-0.39, 0.29) is 23.6 Å². The van der Waals surface area contributed by atoms with E-state index >= 15 is 0 Å². The second-order valence-corrected chi connectivity index (χ2v) is 9.89. The first-order valence-electron chi connectivity index (χ1n) is 8.57. The fourth-order valence-electron chi connectivity index (χ4n) is 3.21. The Hall–Kier alpha value is -2.12. The molecule has 1 heterocycles. The van der Waals surface area contributed by atoms with Crippen molar-refractivity contribution in [3.63, 3.8) is 0 Å². The molecule has 1 aliphatic rings. The summed E-state index contributed by atoms with van der Waals surface area (Å²) in [7, 11) is -3.12. The number of halogens is 1. The van der Waals surface area contributed by atoms with Crippen molar-refractivity contribution in [1.82, 2.24) is 4.57 Å². The molecule has 3 rings (SSSR count). The molecule has 8 heteroatoms. The van der Waals surface area contributed by atoms with Crippen LogP contribution in [0.15, 0.2) is 47.4 Å². The summed E-state index contributed by atoms with van der Waals surface area (Å²) < 4.78 is 24.5. The topological polar surface area (TPSA) is 85.2 Å². The summed E-state index contributed by atoms with van der Waals surface area (Å²) in [5.41, 5.74) is 0.742. The molecule has 1 aliphatic carbocycles. The van der Waals surface area contributed by atoms with Crippen LogP contribution in [0.1, 0.15) is 24.8 Å².